The number of nitrogens with two attached hydrogens (primary N) is 1. The van der Waals surface area contributed by atoms with E-state index in [2.05, 4.69) is 37.9 Å². The fourth-order valence-electron chi connectivity index (χ4n) is 2.00. The molecule has 0 bridgehead atoms. The average molecular weight is 270 g/mol. The molecule has 106 valence electrons. The fraction of sp³-hybridized carbons (Fsp3) is 0.353. The van der Waals surface area contributed by atoms with Gasteiger partial charge in [0.05, 0.1) is 0 Å². The van der Waals surface area contributed by atoms with E-state index in [9.17, 15) is 0 Å². The van der Waals surface area contributed by atoms with Gasteiger partial charge in [0, 0.05) is 11.8 Å². The van der Waals surface area contributed by atoms with Crippen molar-refractivity contribution < 1.29 is 4.74 Å². The average Bonchev–Trinajstić information content (AvgIpc) is 2.41. The van der Waals surface area contributed by atoms with Gasteiger partial charge in [0.15, 0.2) is 0 Å². The third-order valence-electron chi connectivity index (χ3n) is 3.20. The van der Waals surface area contributed by atoms with Gasteiger partial charge in [-0.2, -0.15) is 0 Å². The molecule has 0 saturated carbocycles. The summed E-state index contributed by atoms with van der Waals surface area (Å²) >= 11 is 0. The first kappa shape index (κ1) is 14.5. The Hall–Kier alpha value is -1.87. The maximum absolute atomic E-state index is 5.86. The highest BCUT2D eigenvalue weighted by Crippen LogP contribution is 2.27. The molecule has 0 aliphatic carbocycles. The van der Waals surface area contributed by atoms with Crippen LogP contribution in [0.4, 0.5) is 0 Å². The first-order chi connectivity index (χ1) is 9.50. The summed E-state index contributed by atoms with van der Waals surface area (Å²) in [7, 11) is 0. The molecule has 2 N–H and O–H groups in total. The quantitative estimate of drug-likeness (QED) is 0.922. The lowest BCUT2D eigenvalue weighted by molar-refractivity contribution is 0.455. The van der Waals surface area contributed by atoms with E-state index < -0.39 is 0 Å². The van der Waals surface area contributed by atoms with Crippen molar-refractivity contribution in [1.82, 2.24) is 4.98 Å². The van der Waals surface area contributed by atoms with E-state index in [-0.39, 0.29) is 5.41 Å². The lowest BCUT2D eigenvalue weighted by atomic mass is 9.87. The van der Waals surface area contributed by atoms with Crippen LogP contribution in [0.15, 0.2) is 42.6 Å². The summed E-state index contributed by atoms with van der Waals surface area (Å²) in [5, 5.41) is 0. The molecule has 0 atom stereocenters. The Morgan fingerprint density at radius 3 is 2.40 bits per heavy atom. The first-order valence-electron chi connectivity index (χ1n) is 6.93. The van der Waals surface area contributed by atoms with Crippen molar-refractivity contribution >= 4 is 0 Å². The number of hydrogen-bond acceptors (Lipinski definition) is 3. The molecular formula is C17H22N2O. The monoisotopic (exact) mass is 270 g/mol. The summed E-state index contributed by atoms with van der Waals surface area (Å²) in [6.45, 7) is 7.17. The minimum Gasteiger partial charge on any atom is -0.439 e. The Kier molecular flexibility index (Phi) is 4.40. The zero-order valence-corrected chi connectivity index (χ0v) is 12.4. The molecule has 20 heavy (non-hydrogen) atoms. The molecule has 0 radical (unpaired) electrons. The molecule has 0 spiro atoms. The second kappa shape index (κ2) is 6.06. The lowest BCUT2D eigenvalue weighted by Crippen LogP contribution is -2.10. The van der Waals surface area contributed by atoms with Gasteiger partial charge in [-0.3, -0.25) is 0 Å². The van der Waals surface area contributed by atoms with Gasteiger partial charge in [0.2, 0.25) is 5.88 Å². The predicted molar refractivity (Wildman–Crippen MR) is 82.2 cm³/mol. The van der Waals surface area contributed by atoms with E-state index in [1.807, 2.05) is 24.3 Å². The summed E-state index contributed by atoms with van der Waals surface area (Å²) in [6.07, 6.45) is 2.50. The number of ether oxygens (including phenoxy) is 1. The van der Waals surface area contributed by atoms with E-state index in [1.54, 1.807) is 6.20 Å². The van der Waals surface area contributed by atoms with Crippen LogP contribution in [0.3, 0.4) is 0 Å². The van der Waals surface area contributed by atoms with Crippen LogP contribution in [0.5, 0.6) is 11.6 Å². The summed E-state index contributed by atoms with van der Waals surface area (Å²) in [4.78, 5) is 4.29. The third-order valence-corrected chi connectivity index (χ3v) is 3.20. The zero-order valence-electron chi connectivity index (χ0n) is 12.4. The normalized spacial score (nSPS) is 11.4. The Bertz CT molecular complexity index is 556. The van der Waals surface area contributed by atoms with Crippen LogP contribution in [-0.2, 0) is 11.8 Å². The first-order valence-corrected chi connectivity index (χ1v) is 6.93. The van der Waals surface area contributed by atoms with Crippen LogP contribution in [0.25, 0.3) is 0 Å². The molecule has 2 aromatic rings. The van der Waals surface area contributed by atoms with Gasteiger partial charge in [0.1, 0.15) is 5.75 Å². The summed E-state index contributed by atoms with van der Waals surface area (Å²) in [6, 6.07) is 12.1. The maximum Gasteiger partial charge on any atom is 0.222 e. The molecular weight excluding hydrogens is 248 g/mol. The van der Waals surface area contributed by atoms with E-state index in [4.69, 9.17) is 10.5 Å². The van der Waals surface area contributed by atoms with Crippen LogP contribution in [0.1, 0.15) is 31.9 Å². The third kappa shape index (κ3) is 3.58. The second-order valence-electron chi connectivity index (χ2n) is 5.88. The molecule has 0 fully saturated rings. The molecule has 1 heterocycles. The molecule has 0 amide bonds. The van der Waals surface area contributed by atoms with Gasteiger partial charge in [-0.05, 0) is 42.1 Å². The van der Waals surface area contributed by atoms with Crippen molar-refractivity contribution in [3.8, 4) is 11.6 Å². The Labute approximate surface area is 120 Å². The number of pyridine rings is 1. The molecule has 3 nitrogen and oxygen atoms in total. The Morgan fingerprint density at radius 1 is 1.10 bits per heavy atom. The number of hydrogen-bond donors (Lipinski definition) is 1. The molecule has 3 heteroatoms. The predicted octanol–water partition coefficient (Wildman–Crippen LogP) is 3.67. The number of aromatic nitrogens is 1. The molecule has 0 saturated heterocycles. The Balaban J connectivity index is 2.18. The highest BCUT2D eigenvalue weighted by molar-refractivity contribution is 5.35. The molecule has 0 aliphatic rings. The van der Waals surface area contributed by atoms with Crippen LogP contribution in [0, 0.1) is 0 Å². The molecule has 1 aromatic heterocycles. The molecule has 0 unspecified atom stereocenters. The second-order valence-corrected chi connectivity index (χ2v) is 5.88. The van der Waals surface area contributed by atoms with Gasteiger partial charge < -0.3 is 10.5 Å². The highest BCUT2D eigenvalue weighted by Gasteiger charge is 2.13. The van der Waals surface area contributed by atoms with E-state index in [1.165, 1.54) is 5.56 Å². The van der Waals surface area contributed by atoms with Crippen molar-refractivity contribution in [1.29, 1.82) is 0 Å². The van der Waals surface area contributed by atoms with Crippen molar-refractivity contribution in [2.75, 3.05) is 6.54 Å². The molecule has 1 aromatic carbocycles. The lowest BCUT2D eigenvalue weighted by Gasteiger charge is -2.19. The standard InChI is InChI=1S/C17H22N2O/c1-17(2,3)14-6-8-15(9-7-14)20-16-13(10-11-18)5-4-12-19-16/h4-9,12H,10-11,18H2,1-3H3. The minimum absolute atomic E-state index is 0.147. The van der Waals surface area contributed by atoms with Gasteiger partial charge in [-0.25, -0.2) is 4.98 Å². The maximum atomic E-state index is 5.86. The highest BCUT2D eigenvalue weighted by atomic mass is 16.5. The SMILES string of the molecule is CC(C)(C)c1ccc(Oc2ncccc2CCN)cc1. The van der Waals surface area contributed by atoms with Gasteiger partial charge >= 0.3 is 0 Å². The van der Waals surface area contributed by atoms with Crippen molar-refractivity contribution in [3.05, 3.63) is 53.7 Å². The van der Waals surface area contributed by atoms with Crippen LogP contribution in [0.2, 0.25) is 0 Å². The van der Waals surface area contributed by atoms with Gasteiger partial charge in [-0.15, -0.1) is 0 Å². The van der Waals surface area contributed by atoms with Gasteiger partial charge in [0.25, 0.3) is 0 Å². The topological polar surface area (TPSA) is 48.1 Å². The minimum atomic E-state index is 0.147. The summed E-state index contributed by atoms with van der Waals surface area (Å²) < 4.78 is 5.86. The molecule has 0 aliphatic heterocycles. The van der Waals surface area contributed by atoms with Crippen molar-refractivity contribution in [3.63, 3.8) is 0 Å². The van der Waals surface area contributed by atoms with Crippen LogP contribution in [-0.4, -0.2) is 11.5 Å². The molecule has 2 rings (SSSR count). The fourth-order valence-corrected chi connectivity index (χ4v) is 2.00. The van der Waals surface area contributed by atoms with E-state index >= 15 is 0 Å². The smallest absolute Gasteiger partial charge is 0.222 e. The summed E-state index contributed by atoms with van der Waals surface area (Å²) in [5.41, 5.74) is 8.08. The van der Waals surface area contributed by atoms with E-state index in [0.717, 1.165) is 17.7 Å². The summed E-state index contributed by atoms with van der Waals surface area (Å²) in [5.74, 6) is 1.44. The van der Waals surface area contributed by atoms with Crippen molar-refractivity contribution in [2.24, 2.45) is 5.73 Å². The van der Waals surface area contributed by atoms with Crippen LogP contribution >= 0.6 is 0 Å². The zero-order chi connectivity index (χ0) is 14.6. The number of rotatable bonds is 4. The van der Waals surface area contributed by atoms with E-state index in [0.29, 0.717) is 12.4 Å². The van der Waals surface area contributed by atoms with Crippen LogP contribution < -0.4 is 10.5 Å². The number of nitrogens with zero attached hydrogens (tertiary/aromatic N) is 1. The Morgan fingerprint density at radius 2 is 1.80 bits per heavy atom. The largest absolute Gasteiger partial charge is 0.439 e. The van der Waals surface area contributed by atoms with Crippen molar-refractivity contribution in [2.45, 2.75) is 32.6 Å². The van der Waals surface area contributed by atoms with Gasteiger partial charge in [-0.1, -0.05) is 39.0 Å². The number of benzene rings is 1.